The molecule has 126 valence electrons. The second kappa shape index (κ2) is 8.02. The fraction of sp³-hybridized carbons (Fsp3) is 0.368. The SMILES string of the molecule is O=C(NCc1ccncc1)C1CCCN(Cc2ccccc2F)C1. The number of pyridine rings is 1. The van der Waals surface area contributed by atoms with Gasteiger partial charge in [0.05, 0.1) is 5.92 Å². The molecule has 1 aliphatic rings. The number of benzene rings is 1. The number of carbonyl (C=O) groups is 1. The summed E-state index contributed by atoms with van der Waals surface area (Å²) in [5.41, 5.74) is 1.73. The Labute approximate surface area is 141 Å². The quantitative estimate of drug-likeness (QED) is 0.918. The summed E-state index contributed by atoms with van der Waals surface area (Å²) in [6.45, 7) is 2.66. The molecule has 0 radical (unpaired) electrons. The van der Waals surface area contributed by atoms with E-state index in [0.29, 0.717) is 25.2 Å². The number of halogens is 1. The number of carbonyl (C=O) groups excluding carboxylic acids is 1. The molecule has 3 rings (SSSR count). The van der Waals surface area contributed by atoms with Crippen molar-refractivity contribution in [3.05, 3.63) is 65.7 Å². The Hall–Kier alpha value is -2.27. The van der Waals surface area contributed by atoms with Crippen LogP contribution in [0.5, 0.6) is 0 Å². The van der Waals surface area contributed by atoms with E-state index >= 15 is 0 Å². The zero-order chi connectivity index (χ0) is 16.8. The Kier molecular flexibility index (Phi) is 5.54. The summed E-state index contributed by atoms with van der Waals surface area (Å²) >= 11 is 0. The number of piperidine rings is 1. The Morgan fingerprint density at radius 1 is 1.25 bits per heavy atom. The maximum atomic E-state index is 13.8. The number of hydrogen-bond acceptors (Lipinski definition) is 3. The van der Waals surface area contributed by atoms with E-state index in [9.17, 15) is 9.18 Å². The van der Waals surface area contributed by atoms with E-state index in [1.807, 2.05) is 24.3 Å². The van der Waals surface area contributed by atoms with Crippen LogP contribution in [0.4, 0.5) is 4.39 Å². The molecule has 1 fully saturated rings. The Morgan fingerprint density at radius 3 is 2.83 bits per heavy atom. The Balaban J connectivity index is 1.53. The van der Waals surface area contributed by atoms with Gasteiger partial charge in [-0.1, -0.05) is 18.2 Å². The van der Waals surface area contributed by atoms with Gasteiger partial charge in [-0.3, -0.25) is 14.7 Å². The van der Waals surface area contributed by atoms with Gasteiger partial charge in [0, 0.05) is 37.6 Å². The van der Waals surface area contributed by atoms with Crippen molar-refractivity contribution in [1.82, 2.24) is 15.2 Å². The van der Waals surface area contributed by atoms with Crippen LogP contribution in [0.15, 0.2) is 48.8 Å². The summed E-state index contributed by atoms with van der Waals surface area (Å²) in [5, 5.41) is 3.00. The first-order valence-electron chi connectivity index (χ1n) is 8.35. The molecule has 1 aliphatic heterocycles. The van der Waals surface area contributed by atoms with Gasteiger partial charge in [0.25, 0.3) is 0 Å². The second-order valence-corrected chi connectivity index (χ2v) is 6.24. The maximum absolute atomic E-state index is 13.8. The highest BCUT2D eigenvalue weighted by Gasteiger charge is 2.26. The van der Waals surface area contributed by atoms with Gasteiger partial charge in [-0.15, -0.1) is 0 Å². The monoisotopic (exact) mass is 327 g/mol. The summed E-state index contributed by atoms with van der Waals surface area (Å²) in [7, 11) is 0. The molecule has 1 saturated heterocycles. The normalized spacial score (nSPS) is 18.3. The van der Waals surface area contributed by atoms with Crippen LogP contribution in [0.25, 0.3) is 0 Å². The molecule has 0 spiro atoms. The lowest BCUT2D eigenvalue weighted by atomic mass is 9.96. The zero-order valence-corrected chi connectivity index (χ0v) is 13.6. The molecule has 24 heavy (non-hydrogen) atoms. The van der Waals surface area contributed by atoms with Gasteiger partial charge in [-0.25, -0.2) is 4.39 Å². The minimum Gasteiger partial charge on any atom is -0.352 e. The summed E-state index contributed by atoms with van der Waals surface area (Å²) in [5.74, 6) is -0.140. The molecular formula is C19H22FN3O. The van der Waals surface area contributed by atoms with Crippen LogP contribution >= 0.6 is 0 Å². The Morgan fingerprint density at radius 2 is 2.04 bits per heavy atom. The van der Waals surface area contributed by atoms with Gasteiger partial charge in [0.2, 0.25) is 5.91 Å². The number of nitrogens with zero attached hydrogens (tertiary/aromatic N) is 2. The number of nitrogens with one attached hydrogen (secondary N) is 1. The minimum atomic E-state index is -0.179. The molecule has 1 unspecified atom stereocenters. The van der Waals surface area contributed by atoms with Crippen LogP contribution in [-0.4, -0.2) is 28.9 Å². The van der Waals surface area contributed by atoms with Crippen LogP contribution in [0.1, 0.15) is 24.0 Å². The number of rotatable bonds is 5. The van der Waals surface area contributed by atoms with Crippen molar-refractivity contribution in [3.8, 4) is 0 Å². The first-order chi connectivity index (χ1) is 11.7. The molecule has 5 heteroatoms. The van der Waals surface area contributed by atoms with E-state index in [-0.39, 0.29) is 17.6 Å². The van der Waals surface area contributed by atoms with Gasteiger partial charge in [-0.2, -0.15) is 0 Å². The molecule has 0 aliphatic carbocycles. The highest BCUT2D eigenvalue weighted by Crippen LogP contribution is 2.20. The molecular weight excluding hydrogens is 305 g/mol. The molecule has 2 aromatic rings. The zero-order valence-electron chi connectivity index (χ0n) is 13.6. The fourth-order valence-electron chi connectivity index (χ4n) is 3.11. The van der Waals surface area contributed by atoms with Crippen LogP contribution in [0.3, 0.4) is 0 Å². The van der Waals surface area contributed by atoms with Crippen molar-refractivity contribution in [2.24, 2.45) is 5.92 Å². The number of aromatic nitrogens is 1. The highest BCUT2D eigenvalue weighted by molar-refractivity contribution is 5.78. The average Bonchev–Trinajstić information content (AvgIpc) is 2.63. The molecule has 1 aromatic heterocycles. The lowest BCUT2D eigenvalue weighted by Gasteiger charge is -2.32. The van der Waals surface area contributed by atoms with E-state index < -0.39 is 0 Å². The molecule has 1 atom stereocenters. The van der Waals surface area contributed by atoms with Crippen LogP contribution in [-0.2, 0) is 17.9 Å². The van der Waals surface area contributed by atoms with Crippen molar-refractivity contribution in [2.75, 3.05) is 13.1 Å². The van der Waals surface area contributed by atoms with Gasteiger partial charge >= 0.3 is 0 Å². The number of hydrogen-bond donors (Lipinski definition) is 1. The highest BCUT2D eigenvalue weighted by atomic mass is 19.1. The lowest BCUT2D eigenvalue weighted by Crippen LogP contribution is -2.42. The number of likely N-dealkylation sites (tertiary alicyclic amines) is 1. The summed E-state index contributed by atoms with van der Waals surface area (Å²) in [4.78, 5) is 18.5. The van der Waals surface area contributed by atoms with Gasteiger partial charge in [-0.05, 0) is 43.1 Å². The standard InChI is InChI=1S/C19H22FN3O/c20-18-6-2-1-4-16(18)13-23-11-3-5-17(14-23)19(24)22-12-15-7-9-21-10-8-15/h1-2,4,6-10,17H,3,5,11-14H2,(H,22,24). The average molecular weight is 327 g/mol. The topological polar surface area (TPSA) is 45.2 Å². The second-order valence-electron chi connectivity index (χ2n) is 6.24. The molecule has 1 aromatic carbocycles. The fourth-order valence-corrected chi connectivity index (χ4v) is 3.11. The van der Waals surface area contributed by atoms with Gasteiger partial charge in [0.1, 0.15) is 5.82 Å². The van der Waals surface area contributed by atoms with E-state index in [4.69, 9.17) is 0 Å². The molecule has 2 heterocycles. The smallest absolute Gasteiger partial charge is 0.224 e. The molecule has 0 saturated carbocycles. The third kappa shape index (κ3) is 4.38. The van der Waals surface area contributed by atoms with Gasteiger partial charge < -0.3 is 5.32 Å². The molecule has 4 nitrogen and oxygen atoms in total. The van der Waals surface area contributed by atoms with Crippen molar-refractivity contribution in [2.45, 2.75) is 25.9 Å². The van der Waals surface area contributed by atoms with Crippen molar-refractivity contribution >= 4 is 5.91 Å². The van der Waals surface area contributed by atoms with E-state index in [0.717, 1.165) is 24.9 Å². The first kappa shape index (κ1) is 16.6. The van der Waals surface area contributed by atoms with E-state index in [1.54, 1.807) is 18.5 Å². The van der Waals surface area contributed by atoms with Crippen LogP contribution < -0.4 is 5.32 Å². The van der Waals surface area contributed by atoms with Crippen molar-refractivity contribution in [1.29, 1.82) is 0 Å². The third-order valence-electron chi connectivity index (χ3n) is 4.44. The van der Waals surface area contributed by atoms with Gasteiger partial charge in [0.15, 0.2) is 0 Å². The minimum absolute atomic E-state index is 0.0349. The van der Waals surface area contributed by atoms with Crippen molar-refractivity contribution < 1.29 is 9.18 Å². The lowest BCUT2D eigenvalue weighted by molar-refractivity contribution is -0.126. The largest absolute Gasteiger partial charge is 0.352 e. The summed E-state index contributed by atoms with van der Waals surface area (Å²) < 4.78 is 13.8. The Bertz CT molecular complexity index is 677. The van der Waals surface area contributed by atoms with Crippen molar-refractivity contribution in [3.63, 3.8) is 0 Å². The van der Waals surface area contributed by atoms with E-state index in [2.05, 4.69) is 15.2 Å². The molecule has 1 N–H and O–H groups in total. The molecule has 1 amide bonds. The molecule has 0 bridgehead atoms. The van der Waals surface area contributed by atoms with E-state index in [1.165, 1.54) is 6.07 Å². The first-order valence-corrected chi connectivity index (χ1v) is 8.35. The predicted octanol–water partition coefficient (Wildman–Crippen LogP) is 2.75. The third-order valence-corrected chi connectivity index (χ3v) is 4.44. The van der Waals surface area contributed by atoms with Crippen LogP contribution in [0, 0.1) is 11.7 Å². The summed E-state index contributed by atoms with van der Waals surface area (Å²) in [6, 6.07) is 10.6. The maximum Gasteiger partial charge on any atom is 0.224 e. The number of amides is 1. The summed E-state index contributed by atoms with van der Waals surface area (Å²) in [6.07, 6.45) is 5.29. The van der Waals surface area contributed by atoms with Crippen LogP contribution in [0.2, 0.25) is 0 Å². The predicted molar refractivity (Wildman–Crippen MR) is 90.5 cm³/mol.